The van der Waals surface area contributed by atoms with E-state index in [1.54, 1.807) is 5.38 Å². The third-order valence-electron chi connectivity index (χ3n) is 2.12. The number of hydrogen-bond acceptors (Lipinski definition) is 1. The Kier molecular flexibility index (Phi) is 2.50. The Morgan fingerprint density at radius 2 is 2.21 bits per heavy atom. The van der Waals surface area contributed by atoms with Crippen molar-refractivity contribution in [2.24, 2.45) is 5.92 Å². The molecule has 1 unspecified atom stereocenters. The van der Waals surface area contributed by atoms with Crippen molar-refractivity contribution in [1.29, 1.82) is 0 Å². The number of alkyl halides is 2. The predicted molar refractivity (Wildman–Crippen MR) is 49.9 cm³/mol. The van der Waals surface area contributed by atoms with Gasteiger partial charge in [-0.1, -0.05) is 17.6 Å². The second kappa shape index (κ2) is 3.65. The molecule has 1 aromatic rings. The topological polar surface area (TPSA) is 15.8 Å². The fourth-order valence-electron chi connectivity index (χ4n) is 1.36. The van der Waals surface area contributed by atoms with E-state index >= 15 is 0 Å². The smallest absolute Gasteiger partial charge is 0.245 e. The van der Waals surface area contributed by atoms with Crippen molar-refractivity contribution in [3.63, 3.8) is 0 Å². The minimum atomic E-state index is -2.50. The van der Waals surface area contributed by atoms with Gasteiger partial charge in [0.2, 0.25) is 6.43 Å². The Balaban J connectivity index is 2.24. The number of hydrogen-bond donors (Lipinski definition) is 1. The number of H-pyrrole nitrogens is 1. The van der Waals surface area contributed by atoms with Crippen LogP contribution in [0.1, 0.15) is 12.1 Å². The monoisotopic (exact) mass is 219 g/mol. The standard InChI is InChI=1S/C9H8F3NS/c10-7-2-5(8-4-14-13-8)1-6(3-7)9(11)12/h1-2,4,6,9,13H,3H2. The molecule has 1 atom stereocenters. The first kappa shape index (κ1) is 9.58. The molecule has 1 aliphatic rings. The van der Waals surface area contributed by atoms with Gasteiger partial charge in [0.25, 0.3) is 0 Å². The lowest BCUT2D eigenvalue weighted by atomic mass is 9.94. The summed E-state index contributed by atoms with van der Waals surface area (Å²) in [5.74, 6) is -1.48. The molecular weight excluding hydrogens is 211 g/mol. The average molecular weight is 219 g/mol. The summed E-state index contributed by atoms with van der Waals surface area (Å²) in [5, 5.41) is 1.77. The van der Waals surface area contributed by atoms with Crippen LogP contribution in [-0.4, -0.2) is 10.8 Å². The zero-order valence-electron chi connectivity index (χ0n) is 7.14. The number of nitrogens with one attached hydrogen (secondary N) is 1. The van der Waals surface area contributed by atoms with E-state index < -0.39 is 18.2 Å². The summed E-state index contributed by atoms with van der Waals surface area (Å²) < 4.78 is 40.6. The summed E-state index contributed by atoms with van der Waals surface area (Å²) in [6.07, 6.45) is 0.0310. The first-order valence-electron chi connectivity index (χ1n) is 4.15. The van der Waals surface area contributed by atoms with Gasteiger partial charge in [-0.2, -0.15) is 0 Å². The van der Waals surface area contributed by atoms with Gasteiger partial charge in [0, 0.05) is 17.7 Å². The van der Waals surface area contributed by atoms with Gasteiger partial charge in [-0.3, -0.25) is 0 Å². The molecule has 0 saturated heterocycles. The largest absolute Gasteiger partial charge is 0.310 e. The van der Waals surface area contributed by atoms with Gasteiger partial charge in [-0.15, -0.1) is 0 Å². The van der Waals surface area contributed by atoms with Gasteiger partial charge in [0.1, 0.15) is 5.83 Å². The van der Waals surface area contributed by atoms with Crippen molar-refractivity contribution in [2.45, 2.75) is 12.8 Å². The molecule has 1 aliphatic carbocycles. The third-order valence-corrected chi connectivity index (χ3v) is 2.81. The highest BCUT2D eigenvalue weighted by molar-refractivity contribution is 7.05. The zero-order chi connectivity index (χ0) is 10.1. The first-order valence-corrected chi connectivity index (χ1v) is 5.03. The maximum absolute atomic E-state index is 13.0. The molecule has 1 nitrogen and oxygen atoms in total. The van der Waals surface area contributed by atoms with E-state index in [0.717, 1.165) is 5.69 Å². The number of allylic oxidation sites excluding steroid dienone is 4. The maximum atomic E-state index is 13.0. The lowest BCUT2D eigenvalue weighted by Gasteiger charge is -2.17. The Labute approximate surface area is 83.1 Å². The molecule has 5 heteroatoms. The molecule has 1 heterocycles. The predicted octanol–water partition coefficient (Wildman–Crippen LogP) is 3.60. The van der Waals surface area contributed by atoms with Crippen LogP contribution in [0.4, 0.5) is 13.2 Å². The second-order valence-corrected chi connectivity index (χ2v) is 3.84. The molecule has 0 aliphatic heterocycles. The highest BCUT2D eigenvalue weighted by atomic mass is 32.1. The lowest BCUT2D eigenvalue weighted by Crippen LogP contribution is -2.12. The molecule has 0 radical (unpaired) electrons. The SMILES string of the molecule is FC1=CC(c2cs[nH]2)=CC(C(F)F)C1. The van der Waals surface area contributed by atoms with Crippen LogP contribution < -0.4 is 0 Å². The molecule has 0 bridgehead atoms. The van der Waals surface area contributed by atoms with Crippen LogP contribution in [0.5, 0.6) is 0 Å². The third kappa shape index (κ3) is 1.77. The van der Waals surface area contributed by atoms with E-state index in [4.69, 9.17) is 0 Å². The van der Waals surface area contributed by atoms with Crippen molar-refractivity contribution in [1.82, 2.24) is 4.37 Å². The number of aromatic nitrogens is 1. The van der Waals surface area contributed by atoms with Gasteiger partial charge in [0.05, 0.1) is 5.69 Å². The molecule has 0 saturated carbocycles. The fourth-order valence-corrected chi connectivity index (χ4v) is 1.85. The quantitative estimate of drug-likeness (QED) is 0.782. The van der Waals surface area contributed by atoms with Crippen LogP contribution in [0.2, 0.25) is 0 Å². The number of rotatable bonds is 2. The van der Waals surface area contributed by atoms with Gasteiger partial charge < -0.3 is 4.37 Å². The highest BCUT2D eigenvalue weighted by Gasteiger charge is 2.24. The van der Waals surface area contributed by atoms with Crippen molar-refractivity contribution in [2.75, 3.05) is 0 Å². The zero-order valence-corrected chi connectivity index (χ0v) is 7.95. The van der Waals surface area contributed by atoms with E-state index in [2.05, 4.69) is 4.37 Å². The van der Waals surface area contributed by atoms with Gasteiger partial charge in [-0.25, -0.2) is 13.2 Å². The minimum absolute atomic E-state index is 0.193. The van der Waals surface area contributed by atoms with Crippen LogP contribution >= 0.6 is 11.5 Å². The van der Waals surface area contributed by atoms with Crippen LogP contribution in [0.25, 0.3) is 5.57 Å². The van der Waals surface area contributed by atoms with Crippen LogP contribution in [-0.2, 0) is 0 Å². The van der Waals surface area contributed by atoms with Crippen molar-refractivity contribution in [3.05, 3.63) is 29.1 Å². The first-order chi connectivity index (χ1) is 6.66. The van der Waals surface area contributed by atoms with Gasteiger partial charge in [0.15, 0.2) is 0 Å². The maximum Gasteiger partial charge on any atom is 0.245 e. The molecule has 0 amide bonds. The van der Waals surface area contributed by atoms with Crippen LogP contribution in [0, 0.1) is 5.92 Å². The Morgan fingerprint density at radius 1 is 1.50 bits per heavy atom. The molecule has 0 aromatic carbocycles. The Morgan fingerprint density at radius 3 is 2.71 bits per heavy atom. The van der Waals surface area contributed by atoms with E-state index in [1.807, 2.05) is 0 Å². The van der Waals surface area contributed by atoms with Crippen molar-refractivity contribution in [3.8, 4) is 0 Å². The van der Waals surface area contributed by atoms with E-state index in [9.17, 15) is 13.2 Å². The number of halogens is 3. The summed E-state index contributed by atoms with van der Waals surface area (Å²) in [4.78, 5) is 0. The highest BCUT2D eigenvalue weighted by Crippen LogP contribution is 2.32. The molecule has 0 fully saturated rings. The molecule has 2 rings (SSSR count). The van der Waals surface area contributed by atoms with E-state index in [0.29, 0.717) is 5.57 Å². The summed E-state index contributed by atoms with van der Waals surface area (Å²) in [5.41, 5.74) is 1.24. The average Bonchev–Trinajstić information content (AvgIpc) is 1.99. The fraction of sp³-hybridized carbons (Fsp3) is 0.333. The Bertz CT molecular complexity index is 366. The molecule has 76 valence electrons. The molecule has 14 heavy (non-hydrogen) atoms. The summed E-state index contributed by atoms with van der Waals surface area (Å²) >= 11 is 1.36. The number of aromatic amines is 1. The van der Waals surface area contributed by atoms with Crippen LogP contribution in [0.3, 0.4) is 0 Å². The second-order valence-electron chi connectivity index (χ2n) is 3.17. The van der Waals surface area contributed by atoms with Crippen molar-refractivity contribution >= 4 is 17.1 Å². The normalized spacial score (nSPS) is 22.4. The van der Waals surface area contributed by atoms with Gasteiger partial charge >= 0.3 is 0 Å². The molecule has 1 N–H and O–H groups in total. The van der Waals surface area contributed by atoms with E-state index in [-0.39, 0.29) is 6.42 Å². The van der Waals surface area contributed by atoms with E-state index in [1.165, 1.54) is 23.7 Å². The van der Waals surface area contributed by atoms with Gasteiger partial charge in [-0.05, 0) is 11.6 Å². The van der Waals surface area contributed by atoms with Crippen LogP contribution in [0.15, 0.2) is 23.4 Å². The summed E-state index contributed by atoms with van der Waals surface area (Å²) in [6.45, 7) is 0. The lowest BCUT2D eigenvalue weighted by molar-refractivity contribution is 0.0970. The minimum Gasteiger partial charge on any atom is -0.310 e. The Hall–Kier alpha value is -0.970. The molecular formula is C9H8F3NS. The summed E-state index contributed by atoms with van der Waals surface area (Å²) in [6, 6.07) is 0. The van der Waals surface area contributed by atoms with Crippen molar-refractivity contribution < 1.29 is 13.2 Å². The molecule has 0 spiro atoms. The summed E-state index contributed by atoms with van der Waals surface area (Å²) in [7, 11) is 0. The molecule has 1 aromatic heterocycles.